The number of alkyl halides is 3. The van der Waals surface area contributed by atoms with Crippen LogP contribution in [0.5, 0.6) is 5.75 Å². The van der Waals surface area contributed by atoms with Gasteiger partial charge in [0.1, 0.15) is 11.3 Å². The van der Waals surface area contributed by atoms with Gasteiger partial charge in [0.15, 0.2) is 16.4 Å². The van der Waals surface area contributed by atoms with E-state index in [-0.39, 0.29) is 42.0 Å². The van der Waals surface area contributed by atoms with Crippen molar-refractivity contribution in [3.05, 3.63) is 33.9 Å². The van der Waals surface area contributed by atoms with Crippen LogP contribution in [-0.2, 0) is 9.84 Å². The molecular formula is C17H20F3N3O6S. The maximum Gasteiger partial charge on any atom is 0.422 e. The summed E-state index contributed by atoms with van der Waals surface area (Å²) in [5, 5.41) is 11.3. The van der Waals surface area contributed by atoms with Gasteiger partial charge in [0.2, 0.25) is 0 Å². The van der Waals surface area contributed by atoms with Crippen LogP contribution in [0, 0.1) is 10.1 Å². The number of hydrogen-bond acceptors (Lipinski definition) is 7. The molecule has 0 aromatic heterocycles. The first kappa shape index (κ1) is 22.3. The van der Waals surface area contributed by atoms with Crippen LogP contribution in [0.3, 0.4) is 0 Å². The van der Waals surface area contributed by atoms with Crippen LogP contribution < -0.4 is 4.74 Å². The number of amides is 1. The van der Waals surface area contributed by atoms with Crippen LogP contribution in [-0.4, -0.2) is 85.6 Å². The van der Waals surface area contributed by atoms with Crippen molar-refractivity contribution < 1.29 is 36.0 Å². The zero-order valence-electron chi connectivity index (χ0n) is 15.8. The van der Waals surface area contributed by atoms with Crippen molar-refractivity contribution in [2.75, 3.05) is 44.3 Å². The van der Waals surface area contributed by atoms with E-state index < -0.39 is 39.1 Å². The van der Waals surface area contributed by atoms with Crippen LogP contribution in [0.1, 0.15) is 16.8 Å². The van der Waals surface area contributed by atoms with Gasteiger partial charge in [-0.15, -0.1) is 0 Å². The molecule has 2 fully saturated rings. The first-order valence-corrected chi connectivity index (χ1v) is 11.0. The summed E-state index contributed by atoms with van der Waals surface area (Å²) >= 11 is 0. The number of carbonyl (C=O) groups is 1. The first-order valence-electron chi connectivity index (χ1n) is 9.17. The molecule has 166 valence electrons. The van der Waals surface area contributed by atoms with Gasteiger partial charge < -0.3 is 9.64 Å². The Hall–Kier alpha value is -2.41. The molecule has 1 unspecified atom stereocenters. The van der Waals surface area contributed by atoms with Crippen LogP contribution in [0.15, 0.2) is 18.2 Å². The number of nitrogens with zero attached hydrogens (tertiary/aromatic N) is 3. The molecule has 1 amide bonds. The van der Waals surface area contributed by atoms with Gasteiger partial charge in [0.05, 0.1) is 16.4 Å². The molecule has 0 N–H and O–H groups in total. The van der Waals surface area contributed by atoms with Crippen molar-refractivity contribution in [3.63, 3.8) is 0 Å². The third kappa shape index (κ3) is 5.39. The second-order valence-corrected chi connectivity index (χ2v) is 9.45. The molecule has 2 heterocycles. The second-order valence-electron chi connectivity index (χ2n) is 7.22. The topological polar surface area (TPSA) is 110 Å². The molecule has 0 bridgehead atoms. The summed E-state index contributed by atoms with van der Waals surface area (Å²) < 4.78 is 65.0. The molecule has 30 heavy (non-hydrogen) atoms. The maximum absolute atomic E-state index is 12.8. The Kier molecular flexibility index (Phi) is 6.22. The molecule has 13 heteroatoms. The van der Waals surface area contributed by atoms with Crippen LogP contribution in [0.25, 0.3) is 0 Å². The van der Waals surface area contributed by atoms with Crippen molar-refractivity contribution >= 4 is 21.4 Å². The molecular weight excluding hydrogens is 431 g/mol. The van der Waals surface area contributed by atoms with Crippen LogP contribution in [0.4, 0.5) is 18.9 Å². The van der Waals surface area contributed by atoms with Gasteiger partial charge in [-0.3, -0.25) is 19.8 Å². The number of piperazine rings is 1. The number of sulfone groups is 1. The SMILES string of the molecule is O=C(c1cc(OCC(F)(F)F)ccc1[N+](=O)[O-])N1CCN(C2CCS(=O)(=O)C2)CC1. The maximum atomic E-state index is 12.8. The minimum absolute atomic E-state index is 0.0744. The van der Waals surface area contributed by atoms with Crippen molar-refractivity contribution in [2.45, 2.75) is 18.6 Å². The molecule has 1 aromatic rings. The normalized spacial score (nSPS) is 22.1. The van der Waals surface area contributed by atoms with E-state index in [1.807, 2.05) is 4.90 Å². The number of nitro groups is 1. The third-order valence-electron chi connectivity index (χ3n) is 5.12. The Morgan fingerprint density at radius 3 is 2.43 bits per heavy atom. The average molecular weight is 451 g/mol. The summed E-state index contributed by atoms with van der Waals surface area (Å²) in [6, 6.07) is 2.79. The highest BCUT2D eigenvalue weighted by atomic mass is 32.2. The van der Waals surface area contributed by atoms with Crippen molar-refractivity contribution in [2.24, 2.45) is 0 Å². The van der Waals surface area contributed by atoms with Crippen molar-refractivity contribution in [1.29, 1.82) is 0 Å². The molecule has 2 aliphatic heterocycles. The number of carbonyl (C=O) groups excluding carboxylic acids is 1. The van der Waals surface area contributed by atoms with E-state index in [1.54, 1.807) is 0 Å². The number of nitro benzene ring substituents is 1. The van der Waals surface area contributed by atoms with E-state index >= 15 is 0 Å². The molecule has 0 spiro atoms. The standard InChI is InChI=1S/C17H20F3N3O6S/c18-17(19,20)11-29-13-1-2-15(23(25)26)14(9-13)16(24)22-6-4-21(5-7-22)12-3-8-30(27,28)10-12/h1-2,9,12H,3-8,10-11H2. The van der Waals surface area contributed by atoms with Gasteiger partial charge in [0, 0.05) is 38.3 Å². The van der Waals surface area contributed by atoms with Crippen molar-refractivity contribution in [1.82, 2.24) is 9.80 Å². The zero-order chi connectivity index (χ0) is 22.1. The van der Waals surface area contributed by atoms with Gasteiger partial charge in [-0.25, -0.2) is 8.42 Å². The predicted molar refractivity (Wildman–Crippen MR) is 99.2 cm³/mol. The Morgan fingerprint density at radius 2 is 1.90 bits per heavy atom. The van der Waals surface area contributed by atoms with Gasteiger partial charge in [-0.1, -0.05) is 0 Å². The lowest BCUT2D eigenvalue weighted by Crippen LogP contribution is -2.52. The molecule has 2 aliphatic rings. The van der Waals surface area contributed by atoms with Crippen molar-refractivity contribution in [3.8, 4) is 5.75 Å². The summed E-state index contributed by atoms with van der Waals surface area (Å²) in [7, 11) is -3.04. The number of rotatable bonds is 5. The largest absolute Gasteiger partial charge is 0.484 e. The molecule has 1 aromatic carbocycles. The van der Waals surface area contributed by atoms with Crippen LogP contribution in [0.2, 0.25) is 0 Å². The van der Waals surface area contributed by atoms with Gasteiger partial charge in [0.25, 0.3) is 11.6 Å². The summed E-state index contributed by atoms with van der Waals surface area (Å²) in [5.74, 6) is -0.771. The highest BCUT2D eigenvalue weighted by Crippen LogP contribution is 2.28. The van der Waals surface area contributed by atoms with Gasteiger partial charge in [-0.2, -0.15) is 13.2 Å². The fourth-order valence-electron chi connectivity index (χ4n) is 3.62. The highest BCUT2D eigenvalue weighted by molar-refractivity contribution is 7.91. The van der Waals surface area contributed by atoms with Gasteiger partial charge >= 0.3 is 6.18 Å². The Bertz CT molecular complexity index is 929. The molecule has 2 saturated heterocycles. The monoisotopic (exact) mass is 451 g/mol. The average Bonchev–Trinajstić information content (AvgIpc) is 3.05. The summed E-state index contributed by atoms with van der Waals surface area (Å²) in [6.45, 7) is -0.324. The fourth-order valence-corrected chi connectivity index (χ4v) is 5.39. The lowest BCUT2D eigenvalue weighted by Gasteiger charge is -2.37. The van der Waals surface area contributed by atoms with E-state index in [1.165, 1.54) is 4.90 Å². The number of hydrogen-bond donors (Lipinski definition) is 0. The number of ether oxygens (including phenoxy) is 1. The minimum Gasteiger partial charge on any atom is -0.484 e. The Balaban J connectivity index is 1.70. The summed E-state index contributed by atoms with van der Waals surface area (Å²) in [4.78, 5) is 26.7. The minimum atomic E-state index is -4.59. The molecule has 0 radical (unpaired) electrons. The summed E-state index contributed by atoms with van der Waals surface area (Å²) in [6.07, 6.45) is -4.06. The van der Waals surface area contributed by atoms with E-state index in [2.05, 4.69) is 4.74 Å². The Morgan fingerprint density at radius 1 is 1.23 bits per heavy atom. The molecule has 1 atom stereocenters. The smallest absolute Gasteiger partial charge is 0.422 e. The zero-order valence-corrected chi connectivity index (χ0v) is 16.6. The second kappa shape index (κ2) is 8.38. The summed E-state index contributed by atoms with van der Waals surface area (Å²) in [5.41, 5.74) is -0.875. The van der Waals surface area contributed by atoms with E-state index in [0.717, 1.165) is 18.2 Å². The highest BCUT2D eigenvalue weighted by Gasteiger charge is 2.35. The molecule has 0 saturated carbocycles. The lowest BCUT2D eigenvalue weighted by atomic mass is 10.1. The number of halogens is 3. The third-order valence-corrected chi connectivity index (χ3v) is 6.87. The predicted octanol–water partition coefficient (Wildman–Crippen LogP) is 1.48. The fraction of sp³-hybridized carbons (Fsp3) is 0.588. The number of benzene rings is 1. The lowest BCUT2D eigenvalue weighted by molar-refractivity contribution is -0.385. The van der Waals surface area contributed by atoms with E-state index in [9.17, 15) is 36.5 Å². The Labute approximate surface area is 170 Å². The van der Waals surface area contributed by atoms with Crippen LogP contribution >= 0.6 is 0 Å². The van der Waals surface area contributed by atoms with E-state index in [0.29, 0.717) is 19.5 Å². The molecule has 9 nitrogen and oxygen atoms in total. The quantitative estimate of drug-likeness (QED) is 0.493. The van der Waals surface area contributed by atoms with E-state index in [4.69, 9.17) is 0 Å². The van der Waals surface area contributed by atoms with Gasteiger partial charge in [-0.05, 0) is 18.6 Å². The first-order chi connectivity index (χ1) is 14.0. The molecule has 3 rings (SSSR count). The molecule has 0 aliphatic carbocycles.